The topological polar surface area (TPSA) is 50.2 Å². The molecule has 0 saturated heterocycles. The third-order valence-corrected chi connectivity index (χ3v) is 2.17. The Morgan fingerprint density at radius 2 is 2.21 bits per heavy atom. The summed E-state index contributed by atoms with van der Waals surface area (Å²) in [4.78, 5) is 14.7. The first kappa shape index (κ1) is 8.69. The van der Waals surface area contributed by atoms with Gasteiger partial charge in [-0.1, -0.05) is 6.07 Å². The van der Waals surface area contributed by atoms with Gasteiger partial charge in [0.15, 0.2) is 6.29 Å². The van der Waals surface area contributed by atoms with Crippen LogP contribution >= 0.6 is 0 Å². The van der Waals surface area contributed by atoms with E-state index in [1.54, 1.807) is 24.4 Å². The standard InChI is InChI=1S/C11H9NO2/c1-7-4-10-8(5-12-7)2-3-9(6-13)11(10)14/h2-6,14H,1H3. The molecule has 0 spiro atoms. The first-order chi connectivity index (χ1) is 6.72. The van der Waals surface area contributed by atoms with Crippen LogP contribution in [0.1, 0.15) is 16.1 Å². The number of benzene rings is 1. The third kappa shape index (κ3) is 1.23. The first-order valence-electron chi connectivity index (χ1n) is 4.26. The summed E-state index contributed by atoms with van der Waals surface area (Å²) in [5.74, 6) is 0.0306. The Bertz CT molecular complexity index is 506. The van der Waals surface area contributed by atoms with Crippen LogP contribution in [0.4, 0.5) is 0 Å². The lowest BCUT2D eigenvalue weighted by molar-refractivity contribution is 0.112. The second kappa shape index (κ2) is 3.10. The molecule has 3 nitrogen and oxygen atoms in total. The number of hydrogen-bond acceptors (Lipinski definition) is 3. The predicted octanol–water partition coefficient (Wildman–Crippen LogP) is 2.06. The van der Waals surface area contributed by atoms with Crippen molar-refractivity contribution in [3.63, 3.8) is 0 Å². The van der Waals surface area contributed by atoms with Crippen molar-refractivity contribution in [2.45, 2.75) is 6.92 Å². The van der Waals surface area contributed by atoms with Crippen LogP contribution in [0.15, 0.2) is 24.4 Å². The van der Waals surface area contributed by atoms with Gasteiger partial charge in [0.2, 0.25) is 0 Å². The summed E-state index contributed by atoms with van der Waals surface area (Å²) in [6.45, 7) is 1.84. The monoisotopic (exact) mass is 187 g/mol. The van der Waals surface area contributed by atoms with Crippen molar-refractivity contribution >= 4 is 17.1 Å². The number of aldehydes is 1. The quantitative estimate of drug-likeness (QED) is 0.695. The SMILES string of the molecule is Cc1cc2c(O)c(C=O)ccc2cn1. The van der Waals surface area contributed by atoms with E-state index in [4.69, 9.17) is 0 Å². The molecule has 0 atom stereocenters. The minimum Gasteiger partial charge on any atom is -0.507 e. The van der Waals surface area contributed by atoms with Gasteiger partial charge >= 0.3 is 0 Å². The van der Waals surface area contributed by atoms with E-state index >= 15 is 0 Å². The van der Waals surface area contributed by atoms with E-state index in [1.165, 1.54) is 0 Å². The Kier molecular flexibility index (Phi) is 1.93. The van der Waals surface area contributed by atoms with E-state index in [0.717, 1.165) is 11.1 Å². The maximum absolute atomic E-state index is 10.6. The van der Waals surface area contributed by atoms with Crippen LogP contribution in [-0.4, -0.2) is 16.4 Å². The van der Waals surface area contributed by atoms with Crippen molar-refractivity contribution < 1.29 is 9.90 Å². The van der Waals surface area contributed by atoms with E-state index in [-0.39, 0.29) is 5.75 Å². The first-order valence-corrected chi connectivity index (χ1v) is 4.26. The molecular weight excluding hydrogens is 178 g/mol. The van der Waals surface area contributed by atoms with E-state index in [9.17, 15) is 9.90 Å². The number of pyridine rings is 1. The normalized spacial score (nSPS) is 10.4. The van der Waals surface area contributed by atoms with Crippen molar-refractivity contribution in [3.05, 3.63) is 35.7 Å². The van der Waals surface area contributed by atoms with Gasteiger partial charge in [-0.05, 0) is 19.1 Å². The number of phenols is 1. The fraction of sp³-hybridized carbons (Fsp3) is 0.0909. The lowest BCUT2D eigenvalue weighted by Gasteiger charge is -2.03. The van der Waals surface area contributed by atoms with Crippen LogP contribution in [0.2, 0.25) is 0 Å². The van der Waals surface area contributed by atoms with Crippen LogP contribution in [0.3, 0.4) is 0 Å². The molecule has 2 rings (SSSR count). The van der Waals surface area contributed by atoms with Crippen molar-refractivity contribution in [3.8, 4) is 5.75 Å². The molecule has 0 saturated carbocycles. The second-order valence-electron chi connectivity index (χ2n) is 3.17. The Hall–Kier alpha value is -1.90. The van der Waals surface area contributed by atoms with Gasteiger partial charge in [0.25, 0.3) is 0 Å². The molecule has 1 heterocycles. The maximum Gasteiger partial charge on any atom is 0.153 e. The van der Waals surface area contributed by atoms with Gasteiger partial charge in [-0.25, -0.2) is 0 Å². The van der Waals surface area contributed by atoms with E-state index in [1.807, 2.05) is 6.92 Å². The Morgan fingerprint density at radius 1 is 1.43 bits per heavy atom. The molecule has 0 aliphatic rings. The van der Waals surface area contributed by atoms with Gasteiger partial charge in [-0.15, -0.1) is 0 Å². The molecule has 1 N–H and O–H groups in total. The third-order valence-electron chi connectivity index (χ3n) is 2.17. The molecule has 0 bridgehead atoms. The second-order valence-corrected chi connectivity index (χ2v) is 3.17. The molecule has 70 valence electrons. The number of carbonyl (C=O) groups excluding carboxylic acids is 1. The van der Waals surface area contributed by atoms with E-state index in [0.29, 0.717) is 17.2 Å². The van der Waals surface area contributed by atoms with Crippen molar-refractivity contribution in [1.29, 1.82) is 0 Å². The summed E-state index contributed by atoms with van der Waals surface area (Å²) in [6, 6.07) is 5.12. The summed E-state index contributed by atoms with van der Waals surface area (Å²) in [5, 5.41) is 11.2. The number of fused-ring (bicyclic) bond motifs is 1. The molecule has 0 amide bonds. The molecule has 0 fully saturated rings. The van der Waals surface area contributed by atoms with Gasteiger partial charge in [-0.2, -0.15) is 0 Å². The summed E-state index contributed by atoms with van der Waals surface area (Å²) < 4.78 is 0. The number of nitrogens with zero attached hydrogens (tertiary/aromatic N) is 1. The molecule has 2 aromatic rings. The predicted molar refractivity (Wildman–Crippen MR) is 53.5 cm³/mol. The molecule has 0 radical (unpaired) electrons. The lowest BCUT2D eigenvalue weighted by atomic mass is 10.1. The highest BCUT2D eigenvalue weighted by atomic mass is 16.3. The Labute approximate surface area is 81.0 Å². The summed E-state index contributed by atoms with van der Waals surface area (Å²) in [5.41, 5.74) is 1.12. The Morgan fingerprint density at radius 3 is 2.93 bits per heavy atom. The number of aromatic nitrogens is 1. The fourth-order valence-corrected chi connectivity index (χ4v) is 1.42. The average molecular weight is 187 g/mol. The van der Waals surface area contributed by atoms with Crippen molar-refractivity contribution in [2.24, 2.45) is 0 Å². The summed E-state index contributed by atoms with van der Waals surface area (Å²) in [6.07, 6.45) is 2.32. The average Bonchev–Trinajstić information content (AvgIpc) is 2.20. The van der Waals surface area contributed by atoms with Crippen LogP contribution < -0.4 is 0 Å². The highest BCUT2D eigenvalue weighted by Gasteiger charge is 2.05. The van der Waals surface area contributed by atoms with Crippen LogP contribution in [-0.2, 0) is 0 Å². The lowest BCUT2D eigenvalue weighted by Crippen LogP contribution is -1.86. The number of phenolic OH excluding ortho intramolecular Hbond substituents is 1. The molecule has 14 heavy (non-hydrogen) atoms. The zero-order valence-corrected chi connectivity index (χ0v) is 7.69. The number of aryl methyl sites for hydroxylation is 1. The van der Waals surface area contributed by atoms with Gasteiger partial charge < -0.3 is 5.11 Å². The molecule has 1 aromatic heterocycles. The van der Waals surface area contributed by atoms with Gasteiger partial charge in [0, 0.05) is 22.7 Å². The molecule has 3 heteroatoms. The van der Waals surface area contributed by atoms with Crippen LogP contribution in [0, 0.1) is 6.92 Å². The number of carbonyl (C=O) groups is 1. The zero-order valence-electron chi connectivity index (χ0n) is 7.69. The summed E-state index contributed by atoms with van der Waals surface area (Å²) >= 11 is 0. The highest BCUT2D eigenvalue weighted by Crippen LogP contribution is 2.27. The number of aromatic hydroxyl groups is 1. The maximum atomic E-state index is 10.6. The molecule has 0 aliphatic heterocycles. The Balaban J connectivity index is 2.86. The fourth-order valence-electron chi connectivity index (χ4n) is 1.42. The molecular formula is C11H9NO2. The van der Waals surface area contributed by atoms with Gasteiger partial charge in [0.05, 0.1) is 5.56 Å². The zero-order chi connectivity index (χ0) is 10.1. The van der Waals surface area contributed by atoms with Gasteiger partial charge in [-0.3, -0.25) is 9.78 Å². The molecule has 0 aliphatic carbocycles. The number of hydrogen-bond donors (Lipinski definition) is 1. The smallest absolute Gasteiger partial charge is 0.153 e. The minimum absolute atomic E-state index is 0.0306. The van der Waals surface area contributed by atoms with Crippen LogP contribution in [0.25, 0.3) is 10.8 Å². The molecule has 1 aromatic carbocycles. The minimum atomic E-state index is 0.0306. The van der Waals surface area contributed by atoms with Crippen molar-refractivity contribution in [1.82, 2.24) is 4.98 Å². The highest BCUT2D eigenvalue weighted by molar-refractivity contribution is 5.95. The number of rotatable bonds is 1. The van der Waals surface area contributed by atoms with E-state index < -0.39 is 0 Å². The van der Waals surface area contributed by atoms with E-state index in [2.05, 4.69) is 4.98 Å². The van der Waals surface area contributed by atoms with Crippen LogP contribution in [0.5, 0.6) is 5.75 Å². The largest absolute Gasteiger partial charge is 0.507 e. The molecule has 0 unspecified atom stereocenters. The van der Waals surface area contributed by atoms with Crippen molar-refractivity contribution in [2.75, 3.05) is 0 Å². The van der Waals surface area contributed by atoms with Gasteiger partial charge in [0.1, 0.15) is 5.75 Å². The summed E-state index contributed by atoms with van der Waals surface area (Å²) in [7, 11) is 0.